The maximum atomic E-state index is 12.6. The minimum atomic E-state index is -0.252. The zero-order valence-electron chi connectivity index (χ0n) is 17.6. The van der Waals surface area contributed by atoms with Crippen LogP contribution in [0.1, 0.15) is 43.0 Å². The zero-order chi connectivity index (χ0) is 21.3. The third kappa shape index (κ3) is 5.65. The topological polar surface area (TPSA) is 79.9 Å². The fraction of sp³-hybridized carbons (Fsp3) is 0.391. The van der Waals surface area contributed by atoms with Crippen LogP contribution >= 0.6 is 0 Å². The van der Waals surface area contributed by atoms with E-state index >= 15 is 0 Å². The molecule has 160 valence electrons. The first-order valence-electron chi connectivity index (χ1n) is 10.4. The average Bonchev–Trinajstić information content (AvgIpc) is 3.05. The molecule has 0 aliphatic carbocycles. The second-order valence-corrected chi connectivity index (χ2v) is 7.16. The fourth-order valence-corrected chi connectivity index (χ4v) is 3.40. The number of methoxy groups -OCH3 is 1. The minimum absolute atomic E-state index is 0.0739. The van der Waals surface area contributed by atoms with E-state index in [0.29, 0.717) is 35.0 Å². The van der Waals surface area contributed by atoms with Crippen molar-refractivity contribution in [3.8, 4) is 11.5 Å². The van der Waals surface area contributed by atoms with Crippen LogP contribution in [0.15, 0.2) is 42.5 Å². The zero-order valence-corrected chi connectivity index (χ0v) is 17.6. The molecule has 1 fully saturated rings. The Morgan fingerprint density at radius 2 is 1.53 bits per heavy atom. The Bertz CT molecular complexity index is 859. The van der Waals surface area contributed by atoms with E-state index in [1.165, 1.54) is 20.0 Å². The van der Waals surface area contributed by atoms with E-state index in [2.05, 4.69) is 10.6 Å². The van der Waals surface area contributed by atoms with Crippen LogP contribution in [0.5, 0.6) is 11.5 Å². The Labute approximate surface area is 177 Å². The molecule has 1 aliphatic heterocycles. The largest absolute Gasteiger partial charge is 0.493 e. The molecule has 7 heteroatoms. The van der Waals surface area contributed by atoms with Crippen LogP contribution in [-0.4, -0.2) is 43.6 Å². The molecule has 0 saturated carbocycles. The number of rotatable bonds is 6. The number of urea groups is 1. The lowest BCUT2D eigenvalue weighted by Gasteiger charge is -2.20. The van der Waals surface area contributed by atoms with Crippen molar-refractivity contribution >= 4 is 23.3 Å². The van der Waals surface area contributed by atoms with E-state index in [-0.39, 0.29) is 11.9 Å². The summed E-state index contributed by atoms with van der Waals surface area (Å²) in [5.74, 6) is 0.856. The van der Waals surface area contributed by atoms with Crippen molar-refractivity contribution in [3.63, 3.8) is 0 Å². The number of nitrogens with one attached hydrogen (secondary N) is 2. The molecule has 1 aliphatic rings. The fourth-order valence-electron chi connectivity index (χ4n) is 3.40. The van der Waals surface area contributed by atoms with E-state index in [9.17, 15) is 9.59 Å². The number of hydrogen-bond donors (Lipinski definition) is 2. The Hall–Kier alpha value is -3.22. The number of nitrogens with zero attached hydrogens (tertiary/aromatic N) is 1. The second kappa shape index (κ2) is 10.5. The van der Waals surface area contributed by atoms with Crippen molar-refractivity contribution in [3.05, 3.63) is 48.0 Å². The molecule has 0 aromatic heterocycles. The van der Waals surface area contributed by atoms with E-state index < -0.39 is 0 Å². The molecule has 2 aromatic rings. The highest BCUT2D eigenvalue weighted by atomic mass is 16.5. The quantitative estimate of drug-likeness (QED) is 0.719. The molecule has 7 nitrogen and oxygen atoms in total. The third-order valence-electron chi connectivity index (χ3n) is 5.01. The van der Waals surface area contributed by atoms with Crippen LogP contribution in [-0.2, 0) is 0 Å². The Morgan fingerprint density at radius 1 is 0.900 bits per heavy atom. The summed E-state index contributed by atoms with van der Waals surface area (Å²) in [6, 6.07) is 12.1. The van der Waals surface area contributed by atoms with Crippen molar-refractivity contribution in [1.82, 2.24) is 4.90 Å². The van der Waals surface area contributed by atoms with Crippen LogP contribution < -0.4 is 20.1 Å². The van der Waals surface area contributed by atoms with Gasteiger partial charge in [-0.2, -0.15) is 0 Å². The average molecular weight is 412 g/mol. The van der Waals surface area contributed by atoms with Crippen LogP contribution in [0.4, 0.5) is 16.2 Å². The monoisotopic (exact) mass is 411 g/mol. The summed E-state index contributed by atoms with van der Waals surface area (Å²) in [7, 11) is 1.54. The van der Waals surface area contributed by atoms with Crippen LogP contribution in [0.2, 0.25) is 0 Å². The third-order valence-corrected chi connectivity index (χ3v) is 5.01. The predicted molar refractivity (Wildman–Crippen MR) is 118 cm³/mol. The molecule has 2 aromatic carbocycles. The first-order valence-corrected chi connectivity index (χ1v) is 10.4. The van der Waals surface area contributed by atoms with Crippen LogP contribution in [0, 0.1) is 0 Å². The summed E-state index contributed by atoms with van der Waals surface area (Å²) in [5, 5.41) is 5.78. The summed E-state index contributed by atoms with van der Waals surface area (Å²) in [4.78, 5) is 26.9. The van der Waals surface area contributed by atoms with Crippen molar-refractivity contribution in [1.29, 1.82) is 0 Å². The molecule has 3 rings (SSSR count). The molecule has 0 atom stereocenters. The van der Waals surface area contributed by atoms with Gasteiger partial charge in [-0.3, -0.25) is 4.79 Å². The molecule has 0 spiro atoms. The first kappa shape index (κ1) is 21.5. The molecular formula is C23H29N3O4. The highest BCUT2D eigenvalue weighted by molar-refractivity contribution is 6.04. The predicted octanol–water partition coefficient (Wildman–Crippen LogP) is 4.75. The molecule has 0 radical (unpaired) electrons. The van der Waals surface area contributed by atoms with Crippen molar-refractivity contribution in [2.75, 3.05) is 37.4 Å². The summed E-state index contributed by atoms with van der Waals surface area (Å²) < 4.78 is 10.8. The molecule has 3 amide bonds. The van der Waals surface area contributed by atoms with Gasteiger partial charge in [0.2, 0.25) is 0 Å². The number of anilines is 2. The SMILES string of the molecule is CCOc1ccc(C(=O)Nc2ccc(NC(=O)N3CCCCCC3)cc2)cc1OC. The molecule has 0 bridgehead atoms. The number of amides is 3. The van der Waals surface area contributed by atoms with Gasteiger partial charge in [0.15, 0.2) is 11.5 Å². The summed E-state index contributed by atoms with van der Waals surface area (Å²) >= 11 is 0. The maximum Gasteiger partial charge on any atom is 0.321 e. The summed E-state index contributed by atoms with van der Waals surface area (Å²) in [6.07, 6.45) is 4.46. The highest BCUT2D eigenvalue weighted by Gasteiger charge is 2.16. The van der Waals surface area contributed by atoms with E-state index in [1.807, 2.05) is 11.8 Å². The standard InChI is InChI=1S/C23H29N3O4/c1-3-30-20-13-8-17(16-21(20)29-2)22(27)24-18-9-11-19(12-10-18)25-23(28)26-14-6-4-5-7-15-26/h8-13,16H,3-7,14-15H2,1-2H3,(H,24,27)(H,25,28). The number of carbonyl (C=O) groups is 2. The van der Waals surface area contributed by atoms with Gasteiger partial charge < -0.3 is 25.0 Å². The Morgan fingerprint density at radius 3 is 2.13 bits per heavy atom. The van der Waals surface area contributed by atoms with Gasteiger partial charge in [0.1, 0.15) is 0 Å². The highest BCUT2D eigenvalue weighted by Crippen LogP contribution is 2.28. The van der Waals surface area contributed by atoms with Gasteiger partial charge in [-0.1, -0.05) is 12.8 Å². The second-order valence-electron chi connectivity index (χ2n) is 7.16. The van der Waals surface area contributed by atoms with Gasteiger partial charge in [0, 0.05) is 30.0 Å². The van der Waals surface area contributed by atoms with E-state index in [4.69, 9.17) is 9.47 Å². The van der Waals surface area contributed by atoms with Crippen molar-refractivity contribution < 1.29 is 19.1 Å². The van der Waals surface area contributed by atoms with Crippen LogP contribution in [0.25, 0.3) is 0 Å². The van der Waals surface area contributed by atoms with Gasteiger partial charge in [-0.25, -0.2) is 4.79 Å². The number of likely N-dealkylation sites (tertiary alicyclic amines) is 1. The summed E-state index contributed by atoms with van der Waals surface area (Å²) in [5.41, 5.74) is 1.81. The summed E-state index contributed by atoms with van der Waals surface area (Å²) in [6.45, 7) is 4.00. The number of ether oxygens (including phenoxy) is 2. The van der Waals surface area contributed by atoms with Gasteiger partial charge >= 0.3 is 6.03 Å². The molecule has 0 unspecified atom stereocenters. The van der Waals surface area contributed by atoms with Gasteiger partial charge in [-0.15, -0.1) is 0 Å². The maximum absolute atomic E-state index is 12.6. The number of carbonyl (C=O) groups excluding carboxylic acids is 2. The molecule has 2 N–H and O–H groups in total. The van der Waals surface area contributed by atoms with Gasteiger partial charge in [0.05, 0.1) is 13.7 Å². The van der Waals surface area contributed by atoms with Gasteiger partial charge in [0.25, 0.3) is 5.91 Å². The molecule has 1 heterocycles. The Balaban J connectivity index is 1.59. The minimum Gasteiger partial charge on any atom is -0.493 e. The van der Waals surface area contributed by atoms with Crippen molar-refractivity contribution in [2.24, 2.45) is 0 Å². The molecule has 1 saturated heterocycles. The lowest BCUT2D eigenvalue weighted by molar-refractivity contribution is 0.102. The van der Waals surface area contributed by atoms with E-state index in [0.717, 1.165) is 25.9 Å². The first-order chi connectivity index (χ1) is 14.6. The molecular weight excluding hydrogens is 382 g/mol. The molecule has 30 heavy (non-hydrogen) atoms. The smallest absolute Gasteiger partial charge is 0.321 e. The van der Waals surface area contributed by atoms with Crippen molar-refractivity contribution in [2.45, 2.75) is 32.6 Å². The van der Waals surface area contributed by atoms with E-state index in [1.54, 1.807) is 42.5 Å². The number of benzene rings is 2. The lowest BCUT2D eigenvalue weighted by Crippen LogP contribution is -2.35. The Kier molecular flexibility index (Phi) is 7.54. The lowest BCUT2D eigenvalue weighted by atomic mass is 10.1. The van der Waals surface area contributed by atoms with Crippen LogP contribution in [0.3, 0.4) is 0 Å². The van der Waals surface area contributed by atoms with Gasteiger partial charge in [-0.05, 0) is 62.2 Å². The normalized spacial score (nSPS) is 13.9. The number of hydrogen-bond acceptors (Lipinski definition) is 4.